The van der Waals surface area contributed by atoms with Gasteiger partial charge in [0, 0.05) is 31.7 Å². The number of nitrogens with zero attached hydrogens (tertiary/aromatic N) is 5. The van der Waals surface area contributed by atoms with Crippen LogP contribution in [0.5, 0.6) is 5.75 Å². The van der Waals surface area contributed by atoms with Crippen LogP contribution in [0, 0.1) is 6.92 Å². The fourth-order valence-electron chi connectivity index (χ4n) is 3.69. The summed E-state index contributed by atoms with van der Waals surface area (Å²) < 4.78 is 12.1. The number of hydrogen-bond acceptors (Lipinski definition) is 8. The first-order valence-electron chi connectivity index (χ1n) is 10.6. The smallest absolute Gasteiger partial charge is 0.409 e. The Labute approximate surface area is 194 Å². The van der Waals surface area contributed by atoms with E-state index in [4.69, 9.17) is 9.47 Å². The Balaban J connectivity index is 1.59. The van der Waals surface area contributed by atoms with Crippen LogP contribution >= 0.6 is 11.3 Å². The molecule has 174 valence electrons. The van der Waals surface area contributed by atoms with E-state index in [0.29, 0.717) is 54.4 Å². The van der Waals surface area contributed by atoms with E-state index in [1.165, 1.54) is 16.0 Å². The predicted molar refractivity (Wildman–Crippen MR) is 124 cm³/mol. The molecule has 0 N–H and O–H groups in total. The first kappa shape index (κ1) is 22.7. The van der Waals surface area contributed by atoms with Crippen LogP contribution in [0.1, 0.15) is 11.9 Å². The lowest BCUT2D eigenvalue weighted by Crippen LogP contribution is -2.51. The molecule has 3 aromatic rings. The van der Waals surface area contributed by atoms with Crippen molar-refractivity contribution in [1.82, 2.24) is 24.6 Å². The van der Waals surface area contributed by atoms with Crippen molar-refractivity contribution >= 4 is 33.6 Å². The molecule has 0 radical (unpaired) electrons. The zero-order chi connectivity index (χ0) is 23.5. The van der Waals surface area contributed by atoms with Gasteiger partial charge in [-0.1, -0.05) is 0 Å². The number of methoxy groups -OCH3 is 1. The van der Waals surface area contributed by atoms with E-state index in [-0.39, 0.29) is 18.5 Å². The van der Waals surface area contributed by atoms with Crippen molar-refractivity contribution in [2.24, 2.45) is 0 Å². The van der Waals surface area contributed by atoms with E-state index < -0.39 is 5.56 Å². The van der Waals surface area contributed by atoms with Gasteiger partial charge in [-0.2, -0.15) is 5.10 Å². The van der Waals surface area contributed by atoms with Gasteiger partial charge in [-0.15, -0.1) is 11.3 Å². The van der Waals surface area contributed by atoms with E-state index in [2.05, 4.69) is 10.1 Å². The Morgan fingerprint density at radius 1 is 1.09 bits per heavy atom. The highest BCUT2D eigenvalue weighted by Gasteiger charge is 2.26. The van der Waals surface area contributed by atoms with Gasteiger partial charge in [0.15, 0.2) is 5.52 Å². The minimum atomic E-state index is -0.398. The van der Waals surface area contributed by atoms with Crippen molar-refractivity contribution in [2.75, 3.05) is 39.9 Å². The van der Waals surface area contributed by atoms with Crippen molar-refractivity contribution in [3.63, 3.8) is 0 Å². The fraction of sp³-hybridized carbons (Fsp3) is 0.409. The van der Waals surface area contributed by atoms with Gasteiger partial charge in [-0.25, -0.2) is 14.5 Å². The number of hydrogen-bond donors (Lipinski definition) is 0. The SMILES string of the molecule is CCOC(=O)N1CCN(C(=O)Cn2nc(-c3ccc(OC)cc3)c3sc(C)nc3c2=O)CC1. The maximum atomic E-state index is 13.0. The van der Waals surface area contributed by atoms with Gasteiger partial charge in [-0.3, -0.25) is 9.59 Å². The lowest BCUT2D eigenvalue weighted by Gasteiger charge is -2.34. The molecular weight excluding hydrogens is 446 g/mol. The zero-order valence-corrected chi connectivity index (χ0v) is 19.6. The Bertz CT molecular complexity index is 1230. The summed E-state index contributed by atoms with van der Waals surface area (Å²) in [7, 11) is 1.59. The van der Waals surface area contributed by atoms with Gasteiger partial charge in [0.1, 0.15) is 18.0 Å². The molecule has 1 fully saturated rings. The van der Waals surface area contributed by atoms with Crippen LogP contribution in [0.3, 0.4) is 0 Å². The summed E-state index contributed by atoms with van der Waals surface area (Å²) in [6.45, 7) is 5.20. The second kappa shape index (κ2) is 9.57. The van der Waals surface area contributed by atoms with Crippen LogP contribution in [0.2, 0.25) is 0 Å². The van der Waals surface area contributed by atoms with Gasteiger partial charge in [-0.05, 0) is 38.1 Å². The van der Waals surface area contributed by atoms with E-state index in [9.17, 15) is 14.4 Å². The van der Waals surface area contributed by atoms with Crippen molar-refractivity contribution in [3.8, 4) is 17.0 Å². The summed E-state index contributed by atoms with van der Waals surface area (Å²) >= 11 is 1.40. The lowest BCUT2D eigenvalue weighted by molar-refractivity contribution is -0.133. The number of ether oxygens (including phenoxy) is 2. The Morgan fingerprint density at radius 2 is 1.76 bits per heavy atom. The van der Waals surface area contributed by atoms with Gasteiger partial charge in [0.2, 0.25) is 5.91 Å². The van der Waals surface area contributed by atoms with Crippen LogP contribution in [-0.2, 0) is 16.1 Å². The summed E-state index contributed by atoms with van der Waals surface area (Å²) in [4.78, 5) is 45.5. The molecule has 0 unspecified atom stereocenters. The predicted octanol–water partition coefficient (Wildman–Crippen LogP) is 2.14. The molecule has 0 atom stereocenters. The standard InChI is InChI=1S/C22H25N5O5S/c1-4-32-22(30)26-11-9-25(10-12-26)17(28)13-27-21(29)19-20(33-14(2)23-19)18(24-27)15-5-7-16(31-3)8-6-15/h5-8H,4,9-13H2,1-3H3. The van der Waals surface area contributed by atoms with E-state index in [1.54, 1.807) is 23.8 Å². The normalized spacial score (nSPS) is 13.9. The quantitative estimate of drug-likeness (QED) is 0.561. The third-order valence-corrected chi connectivity index (χ3v) is 6.39. The van der Waals surface area contributed by atoms with Crippen molar-refractivity contribution in [3.05, 3.63) is 39.6 Å². The average molecular weight is 472 g/mol. The number of amides is 2. The van der Waals surface area contributed by atoms with Crippen LogP contribution in [0.15, 0.2) is 29.1 Å². The third-order valence-electron chi connectivity index (χ3n) is 5.41. The molecule has 2 aromatic heterocycles. The molecule has 1 saturated heterocycles. The van der Waals surface area contributed by atoms with Crippen LogP contribution in [-0.4, -0.2) is 76.5 Å². The molecule has 4 rings (SSSR count). The molecule has 33 heavy (non-hydrogen) atoms. The summed E-state index contributed by atoms with van der Waals surface area (Å²) in [5.74, 6) is 0.473. The minimum absolute atomic E-state index is 0.200. The monoisotopic (exact) mass is 471 g/mol. The molecule has 1 aliphatic rings. The molecule has 10 nitrogen and oxygen atoms in total. The largest absolute Gasteiger partial charge is 0.497 e. The minimum Gasteiger partial charge on any atom is -0.497 e. The number of thiazole rings is 1. The van der Waals surface area contributed by atoms with Gasteiger partial charge in [0.05, 0.1) is 23.4 Å². The van der Waals surface area contributed by atoms with E-state index >= 15 is 0 Å². The second-order valence-electron chi connectivity index (χ2n) is 7.52. The Hall–Kier alpha value is -3.47. The highest BCUT2D eigenvalue weighted by atomic mass is 32.1. The van der Waals surface area contributed by atoms with E-state index in [1.807, 2.05) is 31.2 Å². The van der Waals surface area contributed by atoms with Crippen molar-refractivity contribution in [1.29, 1.82) is 0 Å². The maximum absolute atomic E-state index is 13.0. The first-order chi connectivity index (χ1) is 15.9. The van der Waals surface area contributed by atoms with Gasteiger partial charge < -0.3 is 19.3 Å². The zero-order valence-electron chi connectivity index (χ0n) is 18.7. The van der Waals surface area contributed by atoms with Crippen molar-refractivity contribution in [2.45, 2.75) is 20.4 Å². The molecule has 3 heterocycles. The number of rotatable bonds is 5. The molecule has 1 aliphatic heterocycles. The molecule has 0 spiro atoms. The lowest BCUT2D eigenvalue weighted by atomic mass is 10.1. The molecule has 0 aliphatic carbocycles. The first-order valence-corrected chi connectivity index (χ1v) is 11.4. The molecule has 0 bridgehead atoms. The molecule has 2 amide bonds. The third kappa shape index (κ3) is 4.68. The van der Waals surface area contributed by atoms with Crippen LogP contribution in [0.25, 0.3) is 21.5 Å². The maximum Gasteiger partial charge on any atom is 0.409 e. The van der Waals surface area contributed by atoms with Gasteiger partial charge >= 0.3 is 6.09 Å². The molecule has 0 saturated carbocycles. The summed E-state index contributed by atoms with van der Waals surface area (Å²) in [5.41, 5.74) is 1.30. The Morgan fingerprint density at radius 3 is 2.39 bits per heavy atom. The van der Waals surface area contributed by atoms with Crippen molar-refractivity contribution < 1.29 is 19.1 Å². The summed E-state index contributed by atoms with van der Waals surface area (Å²) in [6.07, 6.45) is -0.379. The number of piperazine rings is 1. The number of fused-ring (bicyclic) bond motifs is 1. The summed E-state index contributed by atoms with van der Waals surface area (Å²) in [5, 5.41) is 5.29. The summed E-state index contributed by atoms with van der Waals surface area (Å²) in [6, 6.07) is 7.36. The second-order valence-corrected chi connectivity index (χ2v) is 8.72. The number of benzene rings is 1. The topological polar surface area (TPSA) is 107 Å². The number of carbonyl (C=O) groups is 2. The Kier molecular flexibility index (Phi) is 6.59. The number of aromatic nitrogens is 3. The number of aryl methyl sites for hydroxylation is 1. The molecular formula is C22H25N5O5S. The van der Waals surface area contributed by atoms with E-state index in [0.717, 1.165) is 10.6 Å². The average Bonchev–Trinajstić information content (AvgIpc) is 3.23. The van der Waals surface area contributed by atoms with Crippen LogP contribution in [0.4, 0.5) is 4.79 Å². The fourth-order valence-corrected chi connectivity index (χ4v) is 4.61. The number of carbonyl (C=O) groups excluding carboxylic acids is 2. The highest BCUT2D eigenvalue weighted by molar-refractivity contribution is 7.19. The van der Waals surface area contributed by atoms with Crippen LogP contribution < -0.4 is 10.3 Å². The highest BCUT2D eigenvalue weighted by Crippen LogP contribution is 2.30. The van der Waals surface area contributed by atoms with Gasteiger partial charge in [0.25, 0.3) is 5.56 Å². The molecule has 1 aromatic carbocycles. The molecule has 11 heteroatoms.